The summed E-state index contributed by atoms with van der Waals surface area (Å²) in [6.45, 7) is 2.26. The van der Waals surface area contributed by atoms with Crippen LogP contribution in [0.4, 0.5) is 4.79 Å². The van der Waals surface area contributed by atoms with Gasteiger partial charge in [-0.25, -0.2) is 9.48 Å². The van der Waals surface area contributed by atoms with E-state index in [0.29, 0.717) is 31.7 Å². The van der Waals surface area contributed by atoms with Crippen LogP contribution in [0.15, 0.2) is 48.8 Å². The van der Waals surface area contributed by atoms with Crippen molar-refractivity contribution in [3.63, 3.8) is 0 Å². The van der Waals surface area contributed by atoms with E-state index in [0.717, 1.165) is 17.7 Å². The van der Waals surface area contributed by atoms with E-state index in [1.54, 1.807) is 16.6 Å². The standard InChI is InChI=1S/C20H22N6O3/c1-24-19(16(14-22-24)18(27)25-10-5-11-25)29-20(28)21-9-13-26-12-8-17(23-26)15-6-3-2-4-7-15/h2-4,6-8,12,14H,5,9-11,13H2,1H3,(H,21,28). The highest BCUT2D eigenvalue weighted by Crippen LogP contribution is 2.22. The zero-order valence-electron chi connectivity index (χ0n) is 16.1. The number of ether oxygens (including phenoxy) is 1. The van der Waals surface area contributed by atoms with E-state index in [2.05, 4.69) is 15.5 Å². The predicted molar refractivity (Wildman–Crippen MR) is 105 cm³/mol. The number of nitrogens with zero attached hydrogens (tertiary/aromatic N) is 5. The summed E-state index contributed by atoms with van der Waals surface area (Å²) in [6.07, 6.45) is 3.64. The number of aryl methyl sites for hydroxylation is 1. The van der Waals surface area contributed by atoms with Crippen LogP contribution < -0.4 is 10.1 Å². The van der Waals surface area contributed by atoms with Crippen molar-refractivity contribution in [3.05, 3.63) is 54.4 Å². The summed E-state index contributed by atoms with van der Waals surface area (Å²) in [7, 11) is 1.63. The van der Waals surface area contributed by atoms with Crippen molar-refractivity contribution in [1.82, 2.24) is 29.8 Å². The summed E-state index contributed by atoms with van der Waals surface area (Å²) in [5.41, 5.74) is 2.20. The second-order valence-corrected chi connectivity index (χ2v) is 6.78. The molecule has 1 aromatic carbocycles. The van der Waals surface area contributed by atoms with Gasteiger partial charge < -0.3 is 15.0 Å². The topological polar surface area (TPSA) is 94.3 Å². The first-order chi connectivity index (χ1) is 14.1. The third kappa shape index (κ3) is 4.13. The molecule has 3 heterocycles. The van der Waals surface area contributed by atoms with Crippen molar-refractivity contribution in [2.75, 3.05) is 19.6 Å². The summed E-state index contributed by atoms with van der Waals surface area (Å²) < 4.78 is 8.48. The highest BCUT2D eigenvalue weighted by atomic mass is 16.6. The molecular formula is C20H22N6O3. The first-order valence-corrected chi connectivity index (χ1v) is 9.47. The van der Waals surface area contributed by atoms with Crippen molar-refractivity contribution >= 4 is 12.0 Å². The van der Waals surface area contributed by atoms with E-state index < -0.39 is 6.09 Å². The quantitative estimate of drug-likeness (QED) is 0.689. The summed E-state index contributed by atoms with van der Waals surface area (Å²) in [5.74, 6) is -0.0259. The van der Waals surface area contributed by atoms with Gasteiger partial charge in [0.25, 0.3) is 5.91 Å². The summed E-state index contributed by atoms with van der Waals surface area (Å²) in [4.78, 5) is 26.3. The molecule has 0 spiro atoms. The molecule has 1 saturated heterocycles. The highest BCUT2D eigenvalue weighted by molar-refractivity contribution is 5.97. The van der Waals surface area contributed by atoms with E-state index >= 15 is 0 Å². The van der Waals surface area contributed by atoms with Crippen molar-refractivity contribution in [2.24, 2.45) is 7.05 Å². The number of amides is 2. The number of rotatable bonds is 6. The molecule has 1 fully saturated rings. The molecule has 9 nitrogen and oxygen atoms in total. The van der Waals surface area contributed by atoms with Crippen molar-refractivity contribution in [3.8, 4) is 17.1 Å². The van der Waals surface area contributed by atoms with Gasteiger partial charge in [-0.05, 0) is 12.5 Å². The Balaban J connectivity index is 1.30. The fourth-order valence-corrected chi connectivity index (χ4v) is 3.03. The van der Waals surface area contributed by atoms with Gasteiger partial charge in [-0.15, -0.1) is 0 Å². The minimum Gasteiger partial charge on any atom is -0.391 e. The van der Waals surface area contributed by atoms with Gasteiger partial charge >= 0.3 is 6.09 Å². The fraction of sp³-hybridized carbons (Fsp3) is 0.300. The Morgan fingerprint density at radius 2 is 1.97 bits per heavy atom. The third-order valence-electron chi connectivity index (χ3n) is 4.77. The number of benzene rings is 1. The van der Waals surface area contributed by atoms with Crippen LogP contribution in [-0.2, 0) is 13.6 Å². The van der Waals surface area contributed by atoms with Crippen LogP contribution in [0.1, 0.15) is 16.8 Å². The van der Waals surface area contributed by atoms with Crippen molar-refractivity contribution in [2.45, 2.75) is 13.0 Å². The van der Waals surface area contributed by atoms with Crippen LogP contribution in [0.5, 0.6) is 5.88 Å². The molecule has 0 aliphatic carbocycles. The average molecular weight is 394 g/mol. The third-order valence-corrected chi connectivity index (χ3v) is 4.77. The van der Waals surface area contributed by atoms with E-state index in [1.807, 2.05) is 42.6 Å². The maximum Gasteiger partial charge on any atom is 0.414 e. The van der Waals surface area contributed by atoms with E-state index in [1.165, 1.54) is 10.9 Å². The molecule has 2 aromatic heterocycles. The summed E-state index contributed by atoms with van der Waals surface area (Å²) in [6, 6.07) is 11.8. The second-order valence-electron chi connectivity index (χ2n) is 6.78. The van der Waals surface area contributed by atoms with Gasteiger partial charge in [0.15, 0.2) is 0 Å². The molecule has 29 heavy (non-hydrogen) atoms. The number of hydrogen-bond acceptors (Lipinski definition) is 5. The van der Waals surface area contributed by atoms with Gasteiger partial charge in [-0.3, -0.25) is 9.48 Å². The lowest BCUT2D eigenvalue weighted by Gasteiger charge is -2.30. The van der Waals surface area contributed by atoms with Crippen LogP contribution in [-0.4, -0.2) is 56.1 Å². The number of nitrogens with one attached hydrogen (secondary N) is 1. The molecule has 150 valence electrons. The van der Waals surface area contributed by atoms with E-state index in [4.69, 9.17) is 4.74 Å². The normalized spacial score (nSPS) is 13.1. The molecule has 0 radical (unpaired) electrons. The largest absolute Gasteiger partial charge is 0.414 e. The van der Waals surface area contributed by atoms with Crippen LogP contribution in [0.3, 0.4) is 0 Å². The molecule has 0 saturated carbocycles. The van der Waals surface area contributed by atoms with Crippen molar-refractivity contribution < 1.29 is 14.3 Å². The average Bonchev–Trinajstić information content (AvgIpc) is 3.29. The van der Waals surface area contributed by atoms with Gasteiger partial charge in [-0.2, -0.15) is 10.2 Å². The van der Waals surface area contributed by atoms with Gasteiger partial charge in [0.1, 0.15) is 5.56 Å². The van der Waals surface area contributed by atoms with E-state index in [-0.39, 0.29) is 11.8 Å². The first-order valence-electron chi connectivity index (χ1n) is 9.47. The predicted octanol–water partition coefficient (Wildman–Crippen LogP) is 1.92. The summed E-state index contributed by atoms with van der Waals surface area (Å²) >= 11 is 0. The first kappa shape index (κ1) is 18.7. The van der Waals surface area contributed by atoms with Gasteiger partial charge in [0.05, 0.1) is 18.4 Å². The molecule has 1 N–H and O–H groups in total. The molecule has 1 aliphatic rings. The molecule has 2 amide bonds. The Morgan fingerprint density at radius 3 is 2.69 bits per heavy atom. The Labute approximate surface area is 167 Å². The lowest BCUT2D eigenvalue weighted by atomic mass is 10.2. The minimum absolute atomic E-state index is 0.143. The number of carbonyl (C=O) groups excluding carboxylic acids is 2. The zero-order chi connectivity index (χ0) is 20.2. The lowest BCUT2D eigenvalue weighted by molar-refractivity contribution is 0.0648. The number of carbonyl (C=O) groups is 2. The second kappa shape index (κ2) is 8.17. The molecule has 0 bridgehead atoms. The molecule has 0 unspecified atom stereocenters. The molecular weight excluding hydrogens is 372 g/mol. The van der Waals surface area contributed by atoms with Gasteiger partial charge in [0, 0.05) is 38.4 Å². The maximum absolute atomic E-state index is 12.4. The van der Waals surface area contributed by atoms with Crippen LogP contribution in [0.2, 0.25) is 0 Å². The van der Waals surface area contributed by atoms with Crippen LogP contribution >= 0.6 is 0 Å². The lowest BCUT2D eigenvalue weighted by Crippen LogP contribution is -2.42. The van der Waals surface area contributed by atoms with Gasteiger partial charge in [-0.1, -0.05) is 30.3 Å². The van der Waals surface area contributed by atoms with Crippen LogP contribution in [0.25, 0.3) is 11.3 Å². The van der Waals surface area contributed by atoms with E-state index in [9.17, 15) is 9.59 Å². The molecule has 4 rings (SSSR count). The Morgan fingerprint density at radius 1 is 1.17 bits per heavy atom. The number of likely N-dealkylation sites (tertiary alicyclic amines) is 1. The number of hydrogen-bond donors (Lipinski definition) is 1. The Hall–Kier alpha value is -3.62. The van der Waals surface area contributed by atoms with Gasteiger partial charge in [0.2, 0.25) is 5.88 Å². The molecule has 1 aliphatic heterocycles. The number of aromatic nitrogens is 4. The Kier molecular flexibility index (Phi) is 5.28. The zero-order valence-corrected chi connectivity index (χ0v) is 16.1. The molecule has 9 heteroatoms. The fourth-order valence-electron chi connectivity index (χ4n) is 3.03. The van der Waals surface area contributed by atoms with Crippen molar-refractivity contribution in [1.29, 1.82) is 0 Å². The minimum atomic E-state index is -0.637. The summed E-state index contributed by atoms with van der Waals surface area (Å²) in [5, 5.41) is 11.2. The Bertz CT molecular complexity index is 1010. The molecule has 0 atom stereocenters. The molecule has 3 aromatic rings. The smallest absolute Gasteiger partial charge is 0.391 e. The highest BCUT2D eigenvalue weighted by Gasteiger charge is 2.27. The SMILES string of the molecule is Cn1ncc(C(=O)N2CCC2)c1OC(=O)NCCn1ccc(-c2ccccc2)n1. The monoisotopic (exact) mass is 394 g/mol. The van der Waals surface area contributed by atoms with Crippen LogP contribution in [0, 0.1) is 0 Å². The maximum atomic E-state index is 12.4.